The molecule has 0 bridgehead atoms. The lowest BCUT2D eigenvalue weighted by Crippen LogP contribution is -2.12. The Morgan fingerprint density at radius 3 is 3.00 bits per heavy atom. The fourth-order valence-corrected chi connectivity index (χ4v) is 2.52. The summed E-state index contributed by atoms with van der Waals surface area (Å²) in [7, 11) is 5.93. The number of rotatable bonds is 4. The largest absolute Gasteiger partial charge is 0.476 e. The summed E-state index contributed by atoms with van der Waals surface area (Å²) >= 11 is 0. The second-order valence-corrected chi connectivity index (χ2v) is 5.42. The summed E-state index contributed by atoms with van der Waals surface area (Å²) in [6.45, 7) is 2.27. The highest BCUT2D eigenvalue weighted by Crippen LogP contribution is 2.30. The number of hydrogen-bond donors (Lipinski definition) is 0. The molecule has 20 heavy (non-hydrogen) atoms. The maximum Gasteiger partial charge on any atom is 0.242 e. The van der Waals surface area contributed by atoms with Crippen LogP contribution in [0.3, 0.4) is 0 Å². The van der Waals surface area contributed by atoms with E-state index in [0.717, 1.165) is 36.2 Å². The van der Waals surface area contributed by atoms with Gasteiger partial charge < -0.3 is 14.4 Å². The fraction of sp³-hybridized carbons (Fsp3) is 0.571. The van der Waals surface area contributed by atoms with Crippen LogP contribution in [0, 0.1) is 5.92 Å². The van der Waals surface area contributed by atoms with Crippen LogP contribution in [0.15, 0.2) is 12.4 Å². The van der Waals surface area contributed by atoms with Crippen molar-refractivity contribution >= 4 is 16.6 Å². The Labute approximate surface area is 118 Å². The number of nitrogens with zero attached hydrogens (tertiary/aromatic N) is 4. The lowest BCUT2D eigenvalue weighted by atomic mass is 10.1. The van der Waals surface area contributed by atoms with Crippen molar-refractivity contribution in [1.82, 2.24) is 14.8 Å². The first-order valence-corrected chi connectivity index (χ1v) is 6.85. The van der Waals surface area contributed by atoms with Crippen LogP contribution in [0.1, 0.15) is 6.42 Å². The molecule has 0 amide bonds. The molecule has 0 spiro atoms. The number of ether oxygens (including phenoxy) is 2. The quantitative estimate of drug-likeness (QED) is 0.846. The lowest BCUT2D eigenvalue weighted by Gasteiger charge is -2.13. The molecule has 1 aliphatic rings. The van der Waals surface area contributed by atoms with Crippen LogP contribution in [0.4, 0.5) is 5.69 Å². The summed E-state index contributed by atoms with van der Waals surface area (Å²) in [4.78, 5) is 6.32. The van der Waals surface area contributed by atoms with Gasteiger partial charge in [-0.3, -0.25) is 9.67 Å². The molecule has 3 rings (SSSR count). The molecule has 6 heteroatoms. The summed E-state index contributed by atoms with van der Waals surface area (Å²) in [5, 5.41) is 5.44. The summed E-state index contributed by atoms with van der Waals surface area (Å²) in [6, 6.07) is 0. The van der Waals surface area contributed by atoms with Crippen LogP contribution < -0.4 is 9.64 Å². The van der Waals surface area contributed by atoms with E-state index < -0.39 is 0 Å². The molecule has 2 aromatic heterocycles. The van der Waals surface area contributed by atoms with Crippen LogP contribution in [-0.4, -0.2) is 48.7 Å². The molecule has 1 aliphatic heterocycles. The number of aromatic nitrogens is 3. The molecule has 0 aromatic carbocycles. The second-order valence-electron chi connectivity index (χ2n) is 5.42. The number of anilines is 1. The number of hydrogen-bond acceptors (Lipinski definition) is 5. The molecular formula is C14H20N4O2. The van der Waals surface area contributed by atoms with E-state index in [-0.39, 0.29) is 0 Å². The van der Waals surface area contributed by atoms with Crippen molar-refractivity contribution in [1.29, 1.82) is 0 Å². The van der Waals surface area contributed by atoms with Crippen molar-refractivity contribution in [2.45, 2.75) is 6.42 Å². The third kappa shape index (κ3) is 2.31. The minimum Gasteiger partial charge on any atom is -0.476 e. The molecule has 2 aromatic rings. The van der Waals surface area contributed by atoms with Gasteiger partial charge in [-0.1, -0.05) is 0 Å². The van der Waals surface area contributed by atoms with E-state index in [0.29, 0.717) is 18.4 Å². The molecule has 1 atom stereocenters. The lowest BCUT2D eigenvalue weighted by molar-refractivity contribution is 0.165. The van der Waals surface area contributed by atoms with E-state index in [1.807, 2.05) is 43.1 Å². The van der Waals surface area contributed by atoms with Gasteiger partial charge in [0.2, 0.25) is 5.88 Å². The Morgan fingerprint density at radius 1 is 1.45 bits per heavy atom. The first-order chi connectivity index (χ1) is 9.66. The van der Waals surface area contributed by atoms with Crippen molar-refractivity contribution in [2.24, 2.45) is 13.0 Å². The van der Waals surface area contributed by atoms with Crippen LogP contribution in [0.25, 0.3) is 10.9 Å². The van der Waals surface area contributed by atoms with Gasteiger partial charge in [-0.05, 0) is 6.42 Å². The number of pyridine rings is 1. The van der Waals surface area contributed by atoms with Gasteiger partial charge in [-0.25, -0.2) is 0 Å². The van der Waals surface area contributed by atoms with Crippen LogP contribution in [0.5, 0.6) is 5.88 Å². The van der Waals surface area contributed by atoms with Gasteiger partial charge in [-0.15, -0.1) is 5.10 Å². The number of fused-ring (bicyclic) bond motifs is 1. The van der Waals surface area contributed by atoms with Crippen molar-refractivity contribution in [3.63, 3.8) is 0 Å². The highest BCUT2D eigenvalue weighted by molar-refractivity contribution is 5.93. The smallest absolute Gasteiger partial charge is 0.242 e. The van der Waals surface area contributed by atoms with Gasteiger partial charge in [0, 0.05) is 39.9 Å². The van der Waals surface area contributed by atoms with Gasteiger partial charge in [0.15, 0.2) is 0 Å². The second kappa shape index (κ2) is 5.28. The highest BCUT2D eigenvalue weighted by Gasteiger charge is 2.19. The number of aryl methyl sites for hydroxylation is 1. The molecule has 1 unspecified atom stereocenters. The summed E-state index contributed by atoms with van der Waals surface area (Å²) in [6.07, 6.45) is 4.72. The van der Waals surface area contributed by atoms with E-state index in [9.17, 15) is 0 Å². The van der Waals surface area contributed by atoms with Crippen LogP contribution >= 0.6 is 0 Å². The first kappa shape index (κ1) is 13.2. The molecule has 1 fully saturated rings. The zero-order chi connectivity index (χ0) is 14.1. The summed E-state index contributed by atoms with van der Waals surface area (Å²) in [5.74, 6) is 1.13. The van der Waals surface area contributed by atoms with E-state index in [1.165, 1.54) is 0 Å². The summed E-state index contributed by atoms with van der Waals surface area (Å²) in [5.41, 5.74) is 2.08. The minimum atomic E-state index is 0.469. The average molecular weight is 276 g/mol. The standard InChI is InChI=1S/C14H20N4O2/c1-17(2)12-7-15-6-11-13(12)18(3)16-14(11)20-9-10-4-5-19-8-10/h6-7,10H,4-5,8-9H2,1-3H3. The van der Waals surface area contributed by atoms with Crippen molar-refractivity contribution in [3.8, 4) is 5.88 Å². The van der Waals surface area contributed by atoms with Gasteiger partial charge >= 0.3 is 0 Å². The molecular weight excluding hydrogens is 256 g/mol. The predicted molar refractivity (Wildman–Crippen MR) is 77.3 cm³/mol. The Morgan fingerprint density at radius 2 is 2.30 bits per heavy atom. The molecule has 0 radical (unpaired) electrons. The van der Waals surface area contributed by atoms with Crippen molar-refractivity contribution < 1.29 is 9.47 Å². The molecule has 0 aliphatic carbocycles. The first-order valence-electron chi connectivity index (χ1n) is 6.85. The minimum absolute atomic E-state index is 0.469. The molecule has 3 heterocycles. The van der Waals surface area contributed by atoms with Crippen LogP contribution in [0.2, 0.25) is 0 Å². The third-order valence-electron chi connectivity index (χ3n) is 3.65. The van der Waals surface area contributed by atoms with Crippen molar-refractivity contribution in [3.05, 3.63) is 12.4 Å². The Bertz CT molecular complexity index is 602. The average Bonchev–Trinajstić information content (AvgIpc) is 3.05. The molecule has 0 saturated carbocycles. The maximum atomic E-state index is 5.89. The maximum absolute atomic E-state index is 5.89. The third-order valence-corrected chi connectivity index (χ3v) is 3.65. The van der Waals surface area contributed by atoms with E-state index >= 15 is 0 Å². The summed E-state index contributed by atoms with van der Waals surface area (Å²) < 4.78 is 13.1. The zero-order valence-electron chi connectivity index (χ0n) is 12.2. The van der Waals surface area contributed by atoms with E-state index in [2.05, 4.69) is 10.1 Å². The monoisotopic (exact) mass is 276 g/mol. The SMILES string of the molecule is CN(C)c1cncc2c(OCC3CCOC3)nn(C)c12. The molecule has 6 nitrogen and oxygen atoms in total. The predicted octanol–water partition coefficient (Wildman–Crippen LogP) is 1.45. The Hall–Kier alpha value is -1.82. The molecule has 0 N–H and O–H groups in total. The Kier molecular flexibility index (Phi) is 3.48. The Balaban J connectivity index is 1.89. The normalized spacial score (nSPS) is 18.6. The van der Waals surface area contributed by atoms with E-state index in [4.69, 9.17) is 9.47 Å². The van der Waals surface area contributed by atoms with E-state index in [1.54, 1.807) is 0 Å². The van der Waals surface area contributed by atoms with Crippen LogP contribution in [-0.2, 0) is 11.8 Å². The van der Waals surface area contributed by atoms with Gasteiger partial charge in [0.05, 0.1) is 36.0 Å². The zero-order valence-corrected chi connectivity index (χ0v) is 12.2. The van der Waals surface area contributed by atoms with Gasteiger partial charge in [-0.2, -0.15) is 0 Å². The fourth-order valence-electron chi connectivity index (χ4n) is 2.52. The highest BCUT2D eigenvalue weighted by atomic mass is 16.5. The van der Waals surface area contributed by atoms with Gasteiger partial charge in [0.25, 0.3) is 0 Å². The molecule has 1 saturated heterocycles. The van der Waals surface area contributed by atoms with Gasteiger partial charge in [0.1, 0.15) is 0 Å². The van der Waals surface area contributed by atoms with Crippen molar-refractivity contribution in [2.75, 3.05) is 38.8 Å². The molecule has 108 valence electrons. The topological polar surface area (TPSA) is 52.4 Å².